The third kappa shape index (κ3) is 7.83. The van der Waals surface area contributed by atoms with Crippen LogP contribution in [0.2, 0.25) is 0 Å². The van der Waals surface area contributed by atoms with Gasteiger partial charge in [0.2, 0.25) is 0 Å². The minimum Gasteiger partial charge on any atom is -0.347 e. The average Bonchev–Trinajstić information content (AvgIpc) is 3.78. The lowest BCUT2D eigenvalue weighted by Gasteiger charge is -2.14. The summed E-state index contributed by atoms with van der Waals surface area (Å²) >= 11 is 0. The second-order valence-electron chi connectivity index (χ2n) is 12.9. The number of nitrogens with two attached hydrogens (primary N) is 1. The van der Waals surface area contributed by atoms with Gasteiger partial charge in [0.25, 0.3) is 11.8 Å². The predicted molar refractivity (Wildman–Crippen MR) is 210 cm³/mol. The van der Waals surface area contributed by atoms with Crippen molar-refractivity contribution in [3.8, 4) is 0 Å². The first-order valence-corrected chi connectivity index (χ1v) is 17.5. The van der Waals surface area contributed by atoms with Crippen LogP contribution in [0.25, 0.3) is 21.8 Å². The Bertz CT molecular complexity index is 2210. The van der Waals surface area contributed by atoms with Gasteiger partial charge < -0.3 is 14.9 Å². The van der Waals surface area contributed by atoms with Crippen LogP contribution in [0.15, 0.2) is 146 Å². The molecule has 0 bridgehead atoms. The second kappa shape index (κ2) is 16.5. The molecule has 0 radical (unpaired) electrons. The Morgan fingerprint density at radius 1 is 0.471 bits per heavy atom. The zero-order valence-electron chi connectivity index (χ0n) is 28.7. The summed E-state index contributed by atoms with van der Waals surface area (Å²) in [5.74, 6) is -0.365. The van der Waals surface area contributed by atoms with Gasteiger partial charge in [-0.05, 0) is 78.7 Å². The number of benzene rings is 5. The SMILES string of the molecule is Cl.NCCCn1cc(Cc2ccccc2)c2ccccc21.O=C1c2ccccc2C(=O)N1CCCn1cc(Cc2ccccc2)c2ccccc21. The molecule has 7 heteroatoms. The van der Waals surface area contributed by atoms with E-state index < -0.39 is 0 Å². The van der Waals surface area contributed by atoms with Gasteiger partial charge in [-0.25, -0.2) is 0 Å². The quantitative estimate of drug-likeness (QED) is 0.138. The molecule has 3 heterocycles. The molecule has 51 heavy (non-hydrogen) atoms. The molecule has 8 rings (SSSR count). The molecule has 0 saturated heterocycles. The summed E-state index contributed by atoms with van der Waals surface area (Å²) < 4.78 is 4.58. The molecule has 0 aliphatic carbocycles. The van der Waals surface area contributed by atoms with Crippen LogP contribution >= 0.6 is 12.4 Å². The first kappa shape index (κ1) is 35.4. The maximum atomic E-state index is 12.6. The topological polar surface area (TPSA) is 73.3 Å². The highest BCUT2D eigenvalue weighted by Gasteiger charge is 2.34. The van der Waals surface area contributed by atoms with Crippen LogP contribution in [0.3, 0.4) is 0 Å². The Balaban J connectivity index is 0.000000186. The molecule has 6 nitrogen and oxygen atoms in total. The van der Waals surface area contributed by atoms with Gasteiger partial charge in [-0.1, -0.05) is 109 Å². The van der Waals surface area contributed by atoms with Gasteiger partial charge in [0.05, 0.1) is 11.1 Å². The Morgan fingerprint density at radius 3 is 1.35 bits per heavy atom. The standard InChI is InChI=1S/C26H22N2O2.C18H20N2.ClH/c29-25-22-12-4-5-13-23(22)26(30)28(25)16-8-15-27-18-20(17-19-9-2-1-3-10-19)21-11-6-7-14-24(21)27;19-11-6-12-20-14-16(13-15-7-2-1-3-8-15)17-9-4-5-10-18(17)20;/h1-7,9-14,18H,8,15-17H2;1-5,7-10,14H,6,11-13,19H2;1H. The van der Waals surface area contributed by atoms with Gasteiger partial charge in [-0.2, -0.15) is 0 Å². The Kier molecular flexibility index (Phi) is 11.5. The summed E-state index contributed by atoms with van der Waals surface area (Å²) in [4.78, 5) is 26.5. The van der Waals surface area contributed by atoms with Crippen molar-refractivity contribution in [2.75, 3.05) is 13.1 Å². The monoisotopic (exact) mass is 694 g/mol. The van der Waals surface area contributed by atoms with E-state index in [1.165, 1.54) is 49.0 Å². The van der Waals surface area contributed by atoms with Crippen LogP contribution in [-0.2, 0) is 25.9 Å². The molecule has 2 aromatic heterocycles. The fourth-order valence-electron chi connectivity index (χ4n) is 7.03. The van der Waals surface area contributed by atoms with Crippen molar-refractivity contribution in [3.63, 3.8) is 0 Å². The van der Waals surface area contributed by atoms with Crippen molar-refractivity contribution in [1.29, 1.82) is 0 Å². The van der Waals surface area contributed by atoms with Gasteiger partial charge in [-0.3, -0.25) is 14.5 Å². The maximum Gasteiger partial charge on any atom is 0.261 e. The number of nitrogens with zero attached hydrogens (tertiary/aromatic N) is 3. The van der Waals surface area contributed by atoms with E-state index in [2.05, 4.69) is 125 Å². The Hall–Kier alpha value is -5.43. The maximum absolute atomic E-state index is 12.6. The third-order valence-corrected chi connectivity index (χ3v) is 9.48. The zero-order chi connectivity index (χ0) is 34.3. The average molecular weight is 695 g/mol. The van der Waals surface area contributed by atoms with E-state index in [0.29, 0.717) is 17.7 Å². The number of amides is 2. The molecule has 258 valence electrons. The summed E-state index contributed by atoms with van der Waals surface area (Å²) in [6.07, 6.45) is 8.09. The van der Waals surface area contributed by atoms with Crippen LogP contribution in [0.1, 0.15) is 55.8 Å². The summed E-state index contributed by atoms with van der Waals surface area (Å²) in [6, 6.07) is 45.2. The highest BCUT2D eigenvalue weighted by atomic mass is 35.5. The van der Waals surface area contributed by atoms with Gasteiger partial charge in [0.1, 0.15) is 0 Å². The number of carbonyl (C=O) groups is 2. The first-order valence-electron chi connectivity index (χ1n) is 17.5. The van der Waals surface area contributed by atoms with E-state index in [9.17, 15) is 9.59 Å². The van der Waals surface area contributed by atoms with Crippen molar-refractivity contribution in [3.05, 3.63) is 179 Å². The number of halogens is 1. The van der Waals surface area contributed by atoms with Crippen molar-refractivity contribution < 1.29 is 9.59 Å². The summed E-state index contributed by atoms with van der Waals surface area (Å²) in [5.41, 5.74) is 14.5. The number of para-hydroxylation sites is 2. The lowest BCUT2D eigenvalue weighted by atomic mass is 10.0. The summed E-state index contributed by atoms with van der Waals surface area (Å²) in [5, 5.41) is 2.61. The molecule has 0 spiro atoms. The minimum absolute atomic E-state index is 0. The fourth-order valence-corrected chi connectivity index (χ4v) is 7.03. The lowest BCUT2D eigenvalue weighted by molar-refractivity contribution is 0.0651. The zero-order valence-corrected chi connectivity index (χ0v) is 29.5. The number of imide groups is 1. The highest BCUT2D eigenvalue weighted by Crippen LogP contribution is 2.27. The van der Waals surface area contributed by atoms with Crippen molar-refractivity contribution in [1.82, 2.24) is 14.0 Å². The molecule has 2 amide bonds. The molecule has 7 aromatic rings. The Morgan fingerprint density at radius 2 is 0.882 bits per heavy atom. The summed E-state index contributed by atoms with van der Waals surface area (Å²) in [7, 11) is 0. The fraction of sp³-hybridized carbons (Fsp3) is 0.182. The highest BCUT2D eigenvalue weighted by molar-refractivity contribution is 6.21. The molecule has 0 fully saturated rings. The van der Waals surface area contributed by atoms with Crippen LogP contribution in [-0.4, -0.2) is 38.9 Å². The molecule has 2 N–H and O–H groups in total. The largest absolute Gasteiger partial charge is 0.347 e. The van der Waals surface area contributed by atoms with E-state index in [1.54, 1.807) is 24.3 Å². The number of aromatic nitrogens is 2. The number of carbonyl (C=O) groups excluding carboxylic acids is 2. The molecular formula is C44H43ClN4O2. The van der Waals surface area contributed by atoms with E-state index in [4.69, 9.17) is 5.73 Å². The van der Waals surface area contributed by atoms with Crippen LogP contribution < -0.4 is 5.73 Å². The van der Waals surface area contributed by atoms with Gasteiger partial charge >= 0.3 is 0 Å². The van der Waals surface area contributed by atoms with Crippen molar-refractivity contribution in [2.24, 2.45) is 5.73 Å². The molecule has 0 saturated carbocycles. The number of hydrogen-bond donors (Lipinski definition) is 1. The van der Waals surface area contributed by atoms with Crippen LogP contribution in [0.5, 0.6) is 0 Å². The number of rotatable bonds is 11. The van der Waals surface area contributed by atoms with Gasteiger partial charge in [0.15, 0.2) is 0 Å². The number of fused-ring (bicyclic) bond motifs is 3. The van der Waals surface area contributed by atoms with Crippen LogP contribution in [0.4, 0.5) is 0 Å². The lowest BCUT2D eigenvalue weighted by Crippen LogP contribution is -2.31. The number of aryl methyl sites for hydroxylation is 2. The van der Waals surface area contributed by atoms with E-state index in [0.717, 1.165) is 45.3 Å². The molecule has 5 aromatic carbocycles. The van der Waals surface area contributed by atoms with Crippen molar-refractivity contribution >= 4 is 46.0 Å². The number of hydrogen-bond acceptors (Lipinski definition) is 3. The molecule has 1 aliphatic rings. The molecule has 0 unspecified atom stereocenters. The van der Waals surface area contributed by atoms with E-state index >= 15 is 0 Å². The molecule has 0 atom stereocenters. The van der Waals surface area contributed by atoms with Crippen molar-refractivity contribution in [2.45, 2.75) is 38.8 Å². The van der Waals surface area contributed by atoms with Crippen LogP contribution in [0, 0.1) is 0 Å². The smallest absolute Gasteiger partial charge is 0.261 e. The predicted octanol–water partition coefficient (Wildman–Crippen LogP) is 8.92. The van der Waals surface area contributed by atoms with Gasteiger partial charge in [-0.15, -0.1) is 12.4 Å². The van der Waals surface area contributed by atoms with E-state index in [-0.39, 0.29) is 24.2 Å². The third-order valence-electron chi connectivity index (χ3n) is 9.48. The minimum atomic E-state index is -0.183. The molecular weight excluding hydrogens is 652 g/mol. The second-order valence-corrected chi connectivity index (χ2v) is 12.9. The summed E-state index contributed by atoms with van der Waals surface area (Å²) in [6.45, 7) is 2.90. The van der Waals surface area contributed by atoms with E-state index in [1.807, 2.05) is 6.07 Å². The first-order chi connectivity index (χ1) is 24.6. The molecule has 1 aliphatic heterocycles. The Labute approximate surface area is 305 Å². The normalized spacial score (nSPS) is 12.1. The van der Waals surface area contributed by atoms with Gasteiger partial charge in [0, 0.05) is 53.8 Å².